The number of nitrogens with zero attached hydrogens (tertiary/aromatic N) is 2. The van der Waals surface area contributed by atoms with E-state index in [1.165, 1.54) is 19.3 Å². The van der Waals surface area contributed by atoms with Gasteiger partial charge in [0.05, 0.1) is 22.9 Å². The Morgan fingerprint density at radius 3 is 2.55 bits per heavy atom. The first-order valence-corrected chi connectivity index (χ1v) is 12.5. The Hall–Kier alpha value is -2.15. The first kappa shape index (κ1) is 20.1. The lowest BCUT2D eigenvalue weighted by Gasteiger charge is -2.27. The molecule has 1 aliphatic heterocycles. The van der Waals surface area contributed by atoms with Crippen LogP contribution in [0.2, 0.25) is 0 Å². The number of hydrogen-bond donors (Lipinski definition) is 1. The maximum Gasteiger partial charge on any atom is 0.228 e. The van der Waals surface area contributed by atoms with Gasteiger partial charge in [-0.1, -0.05) is 44.4 Å². The molecule has 1 aliphatic carbocycles. The molecule has 0 bridgehead atoms. The Balaban J connectivity index is 1.53. The summed E-state index contributed by atoms with van der Waals surface area (Å²) in [5.74, 6) is 1.11. The predicted molar refractivity (Wildman–Crippen MR) is 113 cm³/mol. The molecule has 1 N–H and O–H groups in total. The molecule has 0 atom stereocenters. The summed E-state index contributed by atoms with van der Waals surface area (Å²) in [5, 5.41) is 7.58. The summed E-state index contributed by atoms with van der Waals surface area (Å²) in [7, 11) is -3.19. The highest BCUT2D eigenvalue weighted by Gasteiger charge is 2.34. The van der Waals surface area contributed by atoms with Crippen LogP contribution in [0.1, 0.15) is 63.1 Å². The molecular weight excluding hydrogens is 386 g/mol. The Labute approximate surface area is 172 Å². The highest BCUT2D eigenvalue weighted by Crippen LogP contribution is 2.35. The van der Waals surface area contributed by atoms with E-state index in [-0.39, 0.29) is 23.3 Å². The van der Waals surface area contributed by atoms with Crippen LogP contribution >= 0.6 is 0 Å². The minimum Gasteiger partial charge on any atom is -0.310 e. The second-order valence-electron chi connectivity index (χ2n) is 8.40. The van der Waals surface area contributed by atoms with Crippen LogP contribution in [0.3, 0.4) is 0 Å². The molecule has 1 aromatic carbocycles. The number of anilines is 1. The Morgan fingerprint density at radius 2 is 1.86 bits per heavy atom. The fourth-order valence-corrected chi connectivity index (χ4v) is 6.05. The second-order valence-corrected chi connectivity index (χ2v) is 10.5. The van der Waals surface area contributed by atoms with Gasteiger partial charge in [0.2, 0.25) is 5.91 Å². The van der Waals surface area contributed by atoms with Crippen molar-refractivity contribution in [1.29, 1.82) is 0 Å². The van der Waals surface area contributed by atoms with Gasteiger partial charge >= 0.3 is 0 Å². The molecular formula is C22H29N3O3S. The van der Waals surface area contributed by atoms with Crippen LogP contribution in [-0.2, 0) is 26.1 Å². The van der Waals surface area contributed by atoms with E-state index in [0.29, 0.717) is 17.1 Å². The second kappa shape index (κ2) is 8.30. The highest BCUT2D eigenvalue weighted by atomic mass is 32.2. The molecule has 0 spiro atoms. The molecule has 2 aliphatic rings. The molecule has 7 heteroatoms. The Morgan fingerprint density at radius 1 is 1.14 bits per heavy atom. The summed E-state index contributed by atoms with van der Waals surface area (Å²) in [6.45, 7) is 2.22. The van der Waals surface area contributed by atoms with Crippen molar-refractivity contribution in [3.8, 4) is 5.69 Å². The number of hydrogen-bond acceptors (Lipinski definition) is 4. The van der Waals surface area contributed by atoms with Crippen LogP contribution in [0.5, 0.6) is 0 Å². The van der Waals surface area contributed by atoms with Gasteiger partial charge in [-0.3, -0.25) is 4.79 Å². The van der Waals surface area contributed by atoms with Crippen LogP contribution in [-0.4, -0.2) is 24.1 Å². The van der Waals surface area contributed by atoms with Gasteiger partial charge in [-0.25, -0.2) is 13.1 Å². The smallest absolute Gasteiger partial charge is 0.228 e. The number of benzene rings is 1. The van der Waals surface area contributed by atoms with Gasteiger partial charge in [0, 0.05) is 11.5 Å². The Kier molecular flexibility index (Phi) is 5.76. The third-order valence-corrected chi connectivity index (χ3v) is 7.66. The molecule has 0 radical (unpaired) electrons. The van der Waals surface area contributed by atoms with E-state index in [2.05, 4.69) is 17.3 Å². The van der Waals surface area contributed by atoms with Gasteiger partial charge in [-0.15, -0.1) is 0 Å². The molecule has 1 amide bonds. The molecule has 29 heavy (non-hydrogen) atoms. The zero-order valence-electron chi connectivity index (χ0n) is 16.9. The summed E-state index contributed by atoms with van der Waals surface area (Å²) < 4.78 is 25.9. The number of carbonyl (C=O) groups is 1. The number of aromatic nitrogens is 2. The monoisotopic (exact) mass is 415 g/mol. The molecule has 1 aromatic heterocycles. The number of nitrogens with one attached hydrogen (secondary N) is 1. The first-order chi connectivity index (χ1) is 14.0. The fraction of sp³-hybridized carbons (Fsp3) is 0.545. The van der Waals surface area contributed by atoms with Crippen LogP contribution in [0.15, 0.2) is 30.3 Å². The number of amides is 1. The van der Waals surface area contributed by atoms with E-state index in [9.17, 15) is 13.2 Å². The minimum absolute atomic E-state index is 0.0110. The van der Waals surface area contributed by atoms with Gasteiger partial charge in [0.15, 0.2) is 9.84 Å². The number of unbranched alkanes of at least 4 members (excludes halogenated alkanes) is 1. The van der Waals surface area contributed by atoms with Crippen molar-refractivity contribution in [2.24, 2.45) is 11.8 Å². The molecule has 0 unspecified atom stereocenters. The SMILES string of the molecule is CCCCC1CCC(C(=O)Nc2c3c(nn2-c2ccccc2)CS(=O)(=O)C3)CC1. The normalized spacial score (nSPS) is 22.9. The van der Waals surface area contributed by atoms with Gasteiger partial charge in [0.1, 0.15) is 5.82 Å². The van der Waals surface area contributed by atoms with Crippen molar-refractivity contribution in [2.45, 2.75) is 63.4 Å². The summed E-state index contributed by atoms with van der Waals surface area (Å²) in [4.78, 5) is 13.0. The zero-order chi connectivity index (χ0) is 20.4. The van der Waals surface area contributed by atoms with Crippen LogP contribution in [0, 0.1) is 11.8 Å². The Bertz CT molecular complexity index is 974. The average Bonchev–Trinajstić information content (AvgIpc) is 3.20. The van der Waals surface area contributed by atoms with E-state index in [1.807, 2.05) is 30.3 Å². The quantitative estimate of drug-likeness (QED) is 0.765. The van der Waals surface area contributed by atoms with E-state index >= 15 is 0 Å². The van der Waals surface area contributed by atoms with Crippen molar-refractivity contribution >= 4 is 21.6 Å². The van der Waals surface area contributed by atoms with E-state index in [0.717, 1.165) is 37.3 Å². The lowest BCUT2D eigenvalue weighted by atomic mass is 9.79. The van der Waals surface area contributed by atoms with Gasteiger partial charge in [-0.05, 0) is 43.7 Å². The van der Waals surface area contributed by atoms with Crippen LogP contribution < -0.4 is 5.32 Å². The fourth-order valence-electron chi connectivity index (χ4n) is 4.55. The molecule has 156 valence electrons. The van der Waals surface area contributed by atoms with Gasteiger partial charge < -0.3 is 5.32 Å². The van der Waals surface area contributed by atoms with Gasteiger partial charge in [-0.2, -0.15) is 5.10 Å². The number of rotatable bonds is 6. The molecule has 6 nitrogen and oxygen atoms in total. The highest BCUT2D eigenvalue weighted by molar-refractivity contribution is 7.90. The standard InChI is InChI=1S/C22H29N3O3S/c1-2-3-7-16-10-12-17(13-11-16)22(26)23-21-19-14-29(27,28)15-20(19)24-25(21)18-8-5-4-6-9-18/h4-6,8-9,16-17H,2-3,7,10-15H2,1H3,(H,23,26). The summed E-state index contributed by atoms with van der Waals surface area (Å²) in [5.41, 5.74) is 2.00. The third kappa shape index (κ3) is 4.39. The molecule has 1 saturated carbocycles. The lowest BCUT2D eigenvalue weighted by Crippen LogP contribution is -2.28. The first-order valence-electron chi connectivity index (χ1n) is 10.6. The predicted octanol–water partition coefficient (Wildman–Crippen LogP) is 4.24. The van der Waals surface area contributed by atoms with Crippen molar-refractivity contribution in [3.63, 3.8) is 0 Å². The van der Waals surface area contributed by atoms with Crippen LogP contribution in [0.4, 0.5) is 5.82 Å². The third-order valence-electron chi connectivity index (χ3n) is 6.21. The molecule has 2 heterocycles. The van der Waals surface area contributed by atoms with Gasteiger partial charge in [0.25, 0.3) is 0 Å². The minimum atomic E-state index is -3.19. The zero-order valence-corrected chi connectivity index (χ0v) is 17.7. The summed E-state index contributed by atoms with van der Waals surface area (Å²) >= 11 is 0. The topological polar surface area (TPSA) is 81.1 Å². The number of fused-ring (bicyclic) bond motifs is 1. The van der Waals surface area contributed by atoms with Crippen molar-refractivity contribution in [3.05, 3.63) is 41.6 Å². The van der Waals surface area contributed by atoms with E-state index in [1.54, 1.807) is 4.68 Å². The maximum absolute atomic E-state index is 13.0. The van der Waals surface area contributed by atoms with E-state index in [4.69, 9.17) is 0 Å². The average molecular weight is 416 g/mol. The number of sulfone groups is 1. The molecule has 4 rings (SSSR count). The van der Waals surface area contributed by atoms with Crippen LogP contribution in [0.25, 0.3) is 5.69 Å². The van der Waals surface area contributed by atoms with Crippen molar-refractivity contribution in [1.82, 2.24) is 9.78 Å². The van der Waals surface area contributed by atoms with E-state index < -0.39 is 9.84 Å². The number of carbonyl (C=O) groups excluding carboxylic acids is 1. The lowest BCUT2D eigenvalue weighted by molar-refractivity contribution is -0.121. The maximum atomic E-state index is 13.0. The largest absolute Gasteiger partial charge is 0.310 e. The number of para-hydroxylation sites is 1. The summed E-state index contributed by atoms with van der Waals surface area (Å²) in [6.07, 6.45) is 7.75. The van der Waals surface area contributed by atoms with Crippen molar-refractivity contribution in [2.75, 3.05) is 5.32 Å². The molecule has 2 aromatic rings. The van der Waals surface area contributed by atoms with Crippen molar-refractivity contribution < 1.29 is 13.2 Å². The molecule has 1 fully saturated rings. The molecule has 0 saturated heterocycles. The summed E-state index contributed by atoms with van der Waals surface area (Å²) in [6, 6.07) is 9.54.